The van der Waals surface area contributed by atoms with Crippen molar-refractivity contribution in [2.24, 2.45) is 0 Å². The van der Waals surface area contributed by atoms with Gasteiger partial charge in [0.25, 0.3) is 0 Å². The largest absolute Gasteiger partial charge is 0.342 e. The van der Waals surface area contributed by atoms with E-state index in [1.165, 1.54) is 6.92 Å². The van der Waals surface area contributed by atoms with Gasteiger partial charge in [-0.25, -0.2) is 0 Å². The van der Waals surface area contributed by atoms with E-state index in [2.05, 4.69) is 31.2 Å². The van der Waals surface area contributed by atoms with E-state index in [1.807, 2.05) is 0 Å². The molecule has 11 heteroatoms. The third kappa shape index (κ3) is 4.28. The van der Waals surface area contributed by atoms with Crippen LogP contribution in [0.4, 0.5) is 0 Å². The van der Waals surface area contributed by atoms with Gasteiger partial charge in [0.15, 0.2) is 0 Å². The van der Waals surface area contributed by atoms with Crippen LogP contribution in [-0.4, -0.2) is 25.5 Å². The fraction of sp³-hybridized carbons (Fsp3) is 0.273. The van der Waals surface area contributed by atoms with Crippen LogP contribution in [0.1, 0.15) is 12.5 Å². The summed E-state index contributed by atoms with van der Waals surface area (Å²) in [6.45, 7) is 1.48. The molecule has 2 rings (SSSR count). The topological polar surface area (TPSA) is 135 Å². The maximum Gasteiger partial charge on any atom is 0.342 e. The number of rotatable bonds is 4. The van der Waals surface area contributed by atoms with Gasteiger partial charge in [-0.3, -0.25) is 19.5 Å². The molecule has 0 fully saturated rings. The molecule has 1 aromatic carbocycles. The highest BCUT2D eigenvalue weighted by Gasteiger charge is 2.23. The number of aromatic nitrogens is 2. The van der Waals surface area contributed by atoms with Gasteiger partial charge in [0.2, 0.25) is 0 Å². The standard InChI is InChI=1S/C11H13BrN3O5P.ClH/c1-5(21(18,19)20)13-4-6-2-7(12)3-8-9(6)15-11(17)10(16)14-8;/h2-3,5,13H,4H2,1H3,(H,14,16)(H,15,17)(H2,18,19,20);1H/t5-;/m0./s1. The first-order valence-electron chi connectivity index (χ1n) is 5.92. The molecule has 0 unspecified atom stereocenters. The molecule has 5 N–H and O–H groups in total. The Labute approximate surface area is 139 Å². The van der Waals surface area contributed by atoms with Crippen molar-refractivity contribution in [3.63, 3.8) is 0 Å². The van der Waals surface area contributed by atoms with Crippen molar-refractivity contribution < 1.29 is 14.4 Å². The van der Waals surface area contributed by atoms with Crippen LogP contribution in [0.25, 0.3) is 11.0 Å². The lowest BCUT2D eigenvalue weighted by atomic mass is 10.1. The van der Waals surface area contributed by atoms with E-state index in [0.29, 0.717) is 21.1 Å². The second kappa shape index (κ2) is 7.08. The summed E-state index contributed by atoms with van der Waals surface area (Å²) in [5, 5.41) is 2.69. The number of hydrogen-bond donors (Lipinski definition) is 5. The monoisotopic (exact) mass is 413 g/mol. The first kappa shape index (κ1) is 19.1. The predicted molar refractivity (Wildman–Crippen MR) is 88.5 cm³/mol. The highest BCUT2D eigenvalue weighted by molar-refractivity contribution is 9.10. The quantitative estimate of drug-likeness (QED) is 0.374. The van der Waals surface area contributed by atoms with Crippen LogP contribution in [0.15, 0.2) is 26.2 Å². The van der Waals surface area contributed by atoms with Gasteiger partial charge in [0.1, 0.15) is 5.78 Å². The van der Waals surface area contributed by atoms with Crippen LogP contribution in [0, 0.1) is 0 Å². The zero-order chi connectivity index (χ0) is 15.8. The summed E-state index contributed by atoms with van der Waals surface area (Å²) in [5.41, 5.74) is -0.118. The minimum absolute atomic E-state index is 0. The third-order valence-corrected chi connectivity index (χ3v) is 4.62. The number of hydrogen-bond acceptors (Lipinski definition) is 4. The maximum absolute atomic E-state index is 11.4. The molecule has 0 aliphatic rings. The average molecular weight is 415 g/mol. The second-order valence-electron chi connectivity index (χ2n) is 4.54. The van der Waals surface area contributed by atoms with Gasteiger partial charge in [0.05, 0.1) is 11.0 Å². The Bertz CT molecular complexity index is 846. The van der Waals surface area contributed by atoms with Gasteiger partial charge < -0.3 is 19.8 Å². The van der Waals surface area contributed by atoms with Gasteiger partial charge in [-0.05, 0) is 24.6 Å². The summed E-state index contributed by atoms with van der Waals surface area (Å²) in [5.74, 6) is -1.03. The van der Waals surface area contributed by atoms with Crippen LogP contribution in [0.3, 0.4) is 0 Å². The summed E-state index contributed by atoms with van der Waals surface area (Å²) >= 11 is 3.28. The molecule has 2 aromatic rings. The molecule has 0 saturated carbocycles. The number of fused-ring (bicyclic) bond motifs is 1. The lowest BCUT2D eigenvalue weighted by Gasteiger charge is -2.16. The molecule has 0 amide bonds. The molecule has 0 saturated heterocycles. The molecule has 0 aliphatic heterocycles. The van der Waals surface area contributed by atoms with Gasteiger partial charge in [-0.15, -0.1) is 12.4 Å². The van der Waals surface area contributed by atoms with Crippen LogP contribution in [-0.2, 0) is 11.1 Å². The molecule has 22 heavy (non-hydrogen) atoms. The van der Waals surface area contributed by atoms with E-state index in [1.54, 1.807) is 12.1 Å². The molecule has 0 spiro atoms. The molecule has 1 aromatic heterocycles. The highest BCUT2D eigenvalue weighted by Crippen LogP contribution is 2.39. The number of H-pyrrole nitrogens is 2. The predicted octanol–water partition coefficient (Wildman–Crippen LogP) is 1.01. The van der Waals surface area contributed by atoms with E-state index in [9.17, 15) is 14.2 Å². The Balaban J connectivity index is 0.00000242. The van der Waals surface area contributed by atoms with E-state index < -0.39 is 24.5 Å². The molecule has 0 radical (unpaired) electrons. The van der Waals surface area contributed by atoms with Crippen LogP contribution >= 0.6 is 35.9 Å². The van der Waals surface area contributed by atoms with E-state index in [4.69, 9.17) is 9.79 Å². The lowest BCUT2D eigenvalue weighted by Crippen LogP contribution is -2.30. The van der Waals surface area contributed by atoms with Crippen molar-refractivity contribution >= 4 is 47.0 Å². The van der Waals surface area contributed by atoms with E-state index in [0.717, 1.165) is 0 Å². The Kier molecular flexibility index (Phi) is 6.14. The van der Waals surface area contributed by atoms with E-state index in [-0.39, 0.29) is 19.0 Å². The first-order chi connectivity index (χ1) is 9.68. The Morgan fingerprint density at radius 3 is 2.45 bits per heavy atom. The summed E-state index contributed by atoms with van der Waals surface area (Å²) in [6.07, 6.45) is 0. The number of halogens is 2. The van der Waals surface area contributed by atoms with Crippen molar-refractivity contribution in [1.29, 1.82) is 0 Å². The van der Waals surface area contributed by atoms with Crippen LogP contribution in [0.5, 0.6) is 0 Å². The molecule has 122 valence electrons. The van der Waals surface area contributed by atoms with Crippen molar-refractivity contribution in [2.45, 2.75) is 19.3 Å². The van der Waals surface area contributed by atoms with Crippen molar-refractivity contribution in [1.82, 2.24) is 15.3 Å². The van der Waals surface area contributed by atoms with Crippen molar-refractivity contribution in [2.75, 3.05) is 0 Å². The molecule has 1 atom stereocenters. The number of aromatic amines is 2. The molecule has 0 bridgehead atoms. The second-order valence-corrected chi connectivity index (χ2v) is 7.41. The molecular weight excluding hydrogens is 400 g/mol. The molecule has 1 heterocycles. The van der Waals surface area contributed by atoms with Gasteiger partial charge in [-0.1, -0.05) is 15.9 Å². The fourth-order valence-electron chi connectivity index (χ4n) is 1.77. The summed E-state index contributed by atoms with van der Waals surface area (Å²) in [6, 6.07) is 3.32. The minimum atomic E-state index is -4.24. The Hall–Kier alpha value is -0.960. The Morgan fingerprint density at radius 2 is 1.86 bits per heavy atom. The molecule has 8 nitrogen and oxygen atoms in total. The summed E-state index contributed by atoms with van der Waals surface area (Å²) < 4.78 is 11.8. The van der Waals surface area contributed by atoms with Crippen molar-refractivity contribution in [3.8, 4) is 0 Å². The van der Waals surface area contributed by atoms with Crippen LogP contribution in [0.2, 0.25) is 0 Å². The number of nitrogens with one attached hydrogen (secondary N) is 3. The zero-order valence-electron chi connectivity index (χ0n) is 11.3. The number of benzene rings is 1. The van der Waals surface area contributed by atoms with Crippen molar-refractivity contribution in [3.05, 3.63) is 42.9 Å². The zero-order valence-corrected chi connectivity index (χ0v) is 14.6. The Morgan fingerprint density at radius 1 is 1.27 bits per heavy atom. The first-order valence-corrected chi connectivity index (χ1v) is 8.39. The summed E-state index contributed by atoms with van der Waals surface area (Å²) in [7, 11) is -4.24. The van der Waals surface area contributed by atoms with Gasteiger partial charge in [0, 0.05) is 11.0 Å². The fourth-order valence-corrected chi connectivity index (χ4v) is 2.61. The molecule has 0 aliphatic carbocycles. The highest BCUT2D eigenvalue weighted by atomic mass is 79.9. The normalized spacial score (nSPS) is 12.9. The SMILES string of the molecule is C[C@@H](NCc1cc(Br)cc2[nH]c(=O)c(=O)[nH]c12)P(=O)(O)O.Cl. The smallest absolute Gasteiger partial charge is 0.323 e. The third-order valence-electron chi connectivity index (χ3n) is 2.97. The average Bonchev–Trinajstić information content (AvgIpc) is 2.36. The molecular formula is C11H14BrClN3O5P. The van der Waals surface area contributed by atoms with Crippen LogP contribution < -0.4 is 16.4 Å². The maximum atomic E-state index is 11.4. The van der Waals surface area contributed by atoms with E-state index >= 15 is 0 Å². The van der Waals surface area contributed by atoms with Gasteiger partial charge in [-0.2, -0.15) is 0 Å². The minimum Gasteiger partial charge on any atom is -0.323 e. The lowest BCUT2D eigenvalue weighted by molar-refractivity contribution is 0.350. The van der Waals surface area contributed by atoms with Gasteiger partial charge >= 0.3 is 18.7 Å². The summed E-state index contributed by atoms with van der Waals surface area (Å²) in [4.78, 5) is 45.7.